The standard InChI is InChI=1S/C11H14S2.C10H12OS2/c1-9-4-2-5-10(8-9)11-12-6-3-7-13-11;11-9-4-1-3-8(7-9)10-12-5-2-6-13-10/h2,4-5,8,11H,3,6-7H2,1H3;1,3-4,7,10-11H,2,5-6H2. The number of rotatable bonds is 2. The molecule has 0 atom stereocenters. The Hall–Kier alpha value is -0.360. The molecule has 2 aliphatic rings. The highest BCUT2D eigenvalue weighted by molar-refractivity contribution is 8.17. The van der Waals surface area contributed by atoms with E-state index in [2.05, 4.69) is 60.8 Å². The van der Waals surface area contributed by atoms with Crippen molar-refractivity contribution in [2.75, 3.05) is 23.0 Å². The average molecular weight is 423 g/mol. The summed E-state index contributed by atoms with van der Waals surface area (Å²) in [5.74, 6) is 5.52. The summed E-state index contributed by atoms with van der Waals surface area (Å²) in [5, 5.41) is 9.33. The van der Waals surface area contributed by atoms with Crippen LogP contribution in [0.25, 0.3) is 0 Å². The van der Waals surface area contributed by atoms with Crippen molar-refractivity contribution in [1.29, 1.82) is 0 Å². The first-order valence-corrected chi connectivity index (χ1v) is 13.2. The fraction of sp³-hybridized carbons (Fsp3) is 0.429. The van der Waals surface area contributed by atoms with E-state index >= 15 is 0 Å². The van der Waals surface area contributed by atoms with Crippen molar-refractivity contribution in [1.82, 2.24) is 0 Å². The van der Waals surface area contributed by atoms with Gasteiger partial charge in [-0.3, -0.25) is 0 Å². The van der Waals surface area contributed by atoms with Crippen LogP contribution in [0.4, 0.5) is 0 Å². The van der Waals surface area contributed by atoms with Crippen LogP contribution < -0.4 is 0 Å². The molecule has 2 fully saturated rings. The monoisotopic (exact) mass is 422 g/mol. The van der Waals surface area contributed by atoms with E-state index in [0.717, 1.165) is 0 Å². The van der Waals surface area contributed by atoms with E-state index in [4.69, 9.17) is 0 Å². The molecule has 5 heteroatoms. The van der Waals surface area contributed by atoms with Gasteiger partial charge in [0.25, 0.3) is 0 Å². The highest BCUT2D eigenvalue weighted by atomic mass is 32.2. The third-order valence-corrected chi connectivity index (χ3v) is 10.1. The van der Waals surface area contributed by atoms with E-state index in [0.29, 0.717) is 14.9 Å². The van der Waals surface area contributed by atoms with Crippen LogP contribution in [0.3, 0.4) is 0 Å². The van der Waals surface area contributed by atoms with Gasteiger partial charge in [0.2, 0.25) is 0 Å². The van der Waals surface area contributed by atoms with Crippen molar-refractivity contribution in [2.24, 2.45) is 0 Å². The highest BCUT2D eigenvalue weighted by Crippen LogP contribution is 2.44. The van der Waals surface area contributed by atoms with Gasteiger partial charge < -0.3 is 5.11 Å². The van der Waals surface area contributed by atoms with Gasteiger partial charge in [0.05, 0.1) is 9.16 Å². The Bertz CT molecular complexity index is 620. The second-order valence-corrected chi connectivity index (χ2v) is 11.8. The minimum Gasteiger partial charge on any atom is -0.508 e. The first-order valence-electron chi connectivity index (χ1n) is 9.04. The molecule has 2 aromatic carbocycles. The number of hydrogen-bond donors (Lipinski definition) is 1. The van der Waals surface area contributed by atoms with Gasteiger partial charge in [0, 0.05) is 0 Å². The average Bonchev–Trinajstić information content (AvgIpc) is 2.70. The van der Waals surface area contributed by atoms with Crippen LogP contribution in [0, 0.1) is 6.92 Å². The smallest absolute Gasteiger partial charge is 0.115 e. The van der Waals surface area contributed by atoms with E-state index in [1.165, 1.54) is 52.5 Å². The molecule has 2 aliphatic heterocycles. The lowest BCUT2D eigenvalue weighted by molar-refractivity contribution is 0.475. The molecule has 1 N–H and O–H groups in total. The van der Waals surface area contributed by atoms with E-state index < -0.39 is 0 Å². The SMILES string of the molecule is Cc1cccc(C2SCCCS2)c1.Oc1cccc(C2SCCCS2)c1. The van der Waals surface area contributed by atoms with Gasteiger partial charge in [-0.1, -0.05) is 42.0 Å². The quantitative estimate of drug-likeness (QED) is 0.554. The lowest BCUT2D eigenvalue weighted by Gasteiger charge is -2.21. The van der Waals surface area contributed by atoms with Gasteiger partial charge in [0.1, 0.15) is 5.75 Å². The van der Waals surface area contributed by atoms with Crippen molar-refractivity contribution in [3.63, 3.8) is 0 Å². The number of phenols is 1. The molecule has 140 valence electrons. The largest absolute Gasteiger partial charge is 0.508 e. The molecule has 2 heterocycles. The second kappa shape index (κ2) is 10.8. The van der Waals surface area contributed by atoms with E-state index in [9.17, 15) is 5.11 Å². The zero-order valence-corrected chi connectivity index (χ0v) is 18.4. The van der Waals surface area contributed by atoms with Crippen LogP contribution in [0.1, 0.15) is 38.7 Å². The van der Waals surface area contributed by atoms with Gasteiger partial charge in [-0.2, -0.15) is 0 Å². The Morgan fingerprint density at radius 2 is 1.23 bits per heavy atom. The van der Waals surface area contributed by atoms with Crippen LogP contribution in [0.5, 0.6) is 5.75 Å². The molecule has 0 unspecified atom stereocenters. The van der Waals surface area contributed by atoms with Crippen molar-refractivity contribution in [3.05, 3.63) is 65.2 Å². The van der Waals surface area contributed by atoms with Crippen molar-refractivity contribution < 1.29 is 5.11 Å². The van der Waals surface area contributed by atoms with E-state index in [-0.39, 0.29) is 0 Å². The molecule has 0 bridgehead atoms. The van der Waals surface area contributed by atoms with E-state index in [1.807, 2.05) is 35.7 Å². The zero-order valence-electron chi connectivity index (χ0n) is 15.1. The molecule has 0 saturated carbocycles. The van der Waals surface area contributed by atoms with Gasteiger partial charge in [-0.05, 0) is 66.0 Å². The third-order valence-electron chi connectivity index (χ3n) is 4.11. The summed E-state index contributed by atoms with van der Waals surface area (Å²) in [6.07, 6.45) is 2.68. The molecule has 4 rings (SSSR count). The predicted molar refractivity (Wildman–Crippen MR) is 124 cm³/mol. The van der Waals surface area contributed by atoms with Gasteiger partial charge in [-0.15, -0.1) is 47.0 Å². The molecule has 0 amide bonds. The number of aryl methyl sites for hydroxylation is 1. The van der Waals surface area contributed by atoms with Gasteiger partial charge >= 0.3 is 0 Å². The summed E-state index contributed by atoms with van der Waals surface area (Å²) in [6, 6.07) is 16.5. The minimum atomic E-state index is 0.379. The summed E-state index contributed by atoms with van der Waals surface area (Å²) < 4.78 is 1.22. The molecule has 2 saturated heterocycles. The topological polar surface area (TPSA) is 20.2 Å². The van der Waals surface area contributed by atoms with Crippen LogP contribution in [0.2, 0.25) is 0 Å². The van der Waals surface area contributed by atoms with Crippen molar-refractivity contribution >= 4 is 47.0 Å². The second-order valence-electron chi connectivity index (χ2n) is 6.36. The Kier molecular flexibility index (Phi) is 8.50. The first kappa shape index (κ1) is 20.4. The van der Waals surface area contributed by atoms with Crippen molar-refractivity contribution in [3.8, 4) is 5.75 Å². The summed E-state index contributed by atoms with van der Waals surface area (Å²) in [5.41, 5.74) is 4.12. The maximum absolute atomic E-state index is 9.33. The number of thioether (sulfide) groups is 4. The molecule has 26 heavy (non-hydrogen) atoms. The van der Waals surface area contributed by atoms with Crippen LogP contribution in [0.15, 0.2) is 48.5 Å². The van der Waals surface area contributed by atoms with Gasteiger partial charge in [-0.25, -0.2) is 0 Å². The molecule has 2 aromatic rings. The Balaban J connectivity index is 0.000000151. The zero-order chi connectivity index (χ0) is 18.2. The lowest BCUT2D eigenvalue weighted by Crippen LogP contribution is -2.00. The number of phenolic OH excluding ortho intramolecular Hbond substituents is 1. The fourth-order valence-electron chi connectivity index (χ4n) is 2.85. The summed E-state index contributed by atoms with van der Waals surface area (Å²) in [7, 11) is 0. The van der Waals surface area contributed by atoms with Crippen LogP contribution in [-0.4, -0.2) is 28.1 Å². The van der Waals surface area contributed by atoms with E-state index in [1.54, 1.807) is 6.07 Å². The third kappa shape index (κ3) is 6.36. The molecule has 0 aliphatic carbocycles. The summed E-state index contributed by atoms with van der Waals surface area (Å²) in [4.78, 5) is 0. The highest BCUT2D eigenvalue weighted by Gasteiger charge is 2.17. The molecule has 0 aromatic heterocycles. The lowest BCUT2D eigenvalue weighted by atomic mass is 10.2. The number of hydrogen-bond acceptors (Lipinski definition) is 5. The molecule has 0 spiro atoms. The molecule has 1 nitrogen and oxygen atoms in total. The molecular formula is C21H26OS4. The summed E-state index contributed by atoms with van der Waals surface area (Å²) in [6.45, 7) is 2.17. The maximum Gasteiger partial charge on any atom is 0.115 e. The Morgan fingerprint density at radius 3 is 1.73 bits per heavy atom. The van der Waals surface area contributed by atoms with Crippen LogP contribution in [-0.2, 0) is 0 Å². The number of benzene rings is 2. The first-order chi connectivity index (χ1) is 12.7. The maximum atomic E-state index is 9.33. The van der Waals surface area contributed by atoms with Crippen molar-refractivity contribution in [2.45, 2.75) is 28.9 Å². The Labute approximate surface area is 174 Å². The number of aromatic hydroxyl groups is 1. The summed E-state index contributed by atoms with van der Waals surface area (Å²) >= 11 is 8.13. The minimum absolute atomic E-state index is 0.379. The molecular weight excluding hydrogens is 396 g/mol. The Morgan fingerprint density at radius 1 is 0.731 bits per heavy atom. The predicted octanol–water partition coefficient (Wildman–Crippen LogP) is 7.12. The normalized spacial score (nSPS) is 18.8. The fourth-order valence-corrected chi connectivity index (χ4v) is 8.60. The van der Waals surface area contributed by atoms with Gasteiger partial charge in [0.15, 0.2) is 0 Å². The van der Waals surface area contributed by atoms with Crippen LogP contribution >= 0.6 is 47.0 Å². The molecule has 0 radical (unpaired) electrons.